The molecule has 1 saturated heterocycles. The van der Waals surface area contributed by atoms with Gasteiger partial charge in [-0.2, -0.15) is 0 Å². The predicted molar refractivity (Wildman–Crippen MR) is 105 cm³/mol. The summed E-state index contributed by atoms with van der Waals surface area (Å²) in [5.41, 5.74) is 1.63. The Hall–Kier alpha value is -2.86. The number of aliphatic hydroxyl groups is 1. The molecule has 2 aliphatic heterocycles. The van der Waals surface area contributed by atoms with Crippen molar-refractivity contribution < 1.29 is 19.4 Å². The van der Waals surface area contributed by atoms with Gasteiger partial charge in [0.05, 0.1) is 6.61 Å². The molecule has 4 rings (SSSR count). The molecule has 6 heteroatoms. The number of hydrogen-bond donors (Lipinski definition) is 2. The minimum absolute atomic E-state index is 0.123. The molecule has 3 atom stereocenters. The highest BCUT2D eigenvalue weighted by atomic mass is 16.5. The van der Waals surface area contributed by atoms with Crippen molar-refractivity contribution in [2.24, 2.45) is 5.92 Å². The largest absolute Gasteiger partial charge is 0.468 e. The van der Waals surface area contributed by atoms with Crippen LogP contribution in [0.4, 0.5) is 5.69 Å². The monoisotopic (exact) mass is 380 g/mol. The van der Waals surface area contributed by atoms with Crippen LogP contribution in [0.2, 0.25) is 0 Å². The van der Waals surface area contributed by atoms with Gasteiger partial charge in [0, 0.05) is 24.6 Å². The molecule has 0 radical (unpaired) electrons. The van der Waals surface area contributed by atoms with E-state index in [0.717, 1.165) is 11.1 Å². The Morgan fingerprint density at radius 3 is 2.71 bits per heavy atom. The van der Waals surface area contributed by atoms with Gasteiger partial charge in [-0.15, -0.1) is 0 Å². The number of β-amino-alcohol motifs (C(OH)–C–C–N with tert-alkyl or cyclic N) is 1. The number of aryl methyl sites for hydroxylation is 1. The molecule has 0 aromatic heterocycles. The van der Waals surface area contributed by atoms with Crippen LogP contribution >= 0.6 is 0 Å². The first-order valence-corrected chi connectivity index (χ1v) is 9.51. The molecule has 6 nitrogen and oxygen atoms in total. The number of benzene rings is 2. The summed E-state index contributed by atoms with van der Waals surface area (Å²) in [5, 5.41) is 12.4. The Labute approximate surface area is 164 Å². The van der Waals surface area contributed by atoms with Gasteiger partial charge in [-0.3, -0.25) is 9.59 Å². The van der Waals surface area contributed by atoms with Crippen LogP contribution in [0.15, 0.2) is 48.5 Å². The zero-order valence-electron chi connectivity index (χ0n) is 16.0. The lowest BCUT2D eigenvalue weighted by molar-refractivity contribution is -0.176. The molecule has 2 aromatic rings. The number of hydrogen-bond acceptors (Lipinski definition) is 4. The van der Waals surface area contributed by atoms with Gasteiger partial charge in [0.15, 0.2) is 5.72 Å². The molecule has 2 bridgehead atoms. The Balaban J connectivity index is 1.74. The molecular formula is C22H24N2O4. The second-order valence-corrected chi connectivity index (χ2v) is 7.62. The van der Waals surface area contributed by atoms with Gasteiger partial charge >= 0.3 is 0 Å². The molecule has 2 N–H and O–H groups in total. The maximum absolute atomic E-state index is 13.3. The van der Waals surface area contributed by atoms with Gasteiger partial charge < -0.3 is 20.1 Å². The number of fused-ring (bicyclic) bond motifs is 4. The van der Waals surface area contributed by atoms with Gasteiger partial charge in [-0.1, -0.05) is 36.4 Å². The van der Waals surface area contributed by atoms with Gasteiger partial charge in [-0.25, -0.2) is 0 Å². The summed E-state index contributed by atoms with van der Waals surface area (Å²) in [6.45, 7) is 3.69. The number of aliphatic hydroxyl groups excluding tert-OH is 1. The lowest BCUT2D eigenvalue weighted by Crippen LogP contribution is -2.64. The smallest absolute Gasteiger partial charge is 0.238 e. The Morgan fingerprint density at radius 2 is 1.96 bits per heavy atom. The summed E-state index contributed by atoms with van der Waals surface area (Å²) in [7, 11) is 0. The first-order valence-electron chi connectivity index (χ1n) is 9.51. The van der Waals surface area contributed by atoms with Crippen LogP contribution in [0.25, 0.3) is 0 Å². The van der Waals surface area contributed by atoms with E-state index in [2.05, 4.69) is 5.32 Å². The molecule has 0 saturated carbocycles. The number of amides is 2. The average molecular weight is 380 g/mol. The average Bonchev–Trinajstić information content (AvgIpc) is 2.67. The minimum Gasteiger partial charge on any atom is -0.468 e. The predicted octanol–water partition coefficient (Wildman–Crippen LogP) is 2.67. The first-order chi connectivity index (χ1) is 13.4. The topological polar surface area (TPSA) is 78.9 Å². The summed E-state index contributed by atoms with van der Waals surface area (Å²) in [5.74, 6) is -1.10. The van der Waals surface area contributed by atoms with Crippen LogP contribution in [-0.4, -0.2) is 40.7 Å². The molecule has 1 fully saturated rings. The van der Waals surface area contributed by atoms with E-state index >= 15 is 0 Å². The molecule has 2 amide bonds. The standard InChI is InChI=1S/C22H24N2O4/c1-14-7-3-5-9-17(14)23-20(26)19-16-13-22(2,24(11-12-25)21(19)27)28-18-10-6-4-8-15(16)18/h3-10,16,19,25H,11-13H2,1-2H3,(H,23,26)/t16-,19-,22+/m1/s1. The van der Waals surface area contributed by atoms with Crippen molar-refractivity contribution in [1.29, 1.82) is 0 Å². The molecule has 0 aliphatic carbocycles. The summed E-state index contributed by atoms with van der Waals surface area (Å²) >= 11 is 0. The van der Waals surface area contributed by atoms with E-state index in [-0.39, 0.29) is 30.9 Å². The van der Waals surface area contributed by atoms with Crippen LogP contribution in [0.1, 0.15) is 30.4 Å². The Bertz CT molecular complexity index is 928. The van der Waals surface area contributed by atoms with Gasteiger partial charge in [0.1, 0.15) is 11.7 Å². The van der Waals surface area contributed by atoms with Crippen LogP contribution in [-0.2, 0) is 9.59 Å². The maximum atomic E-state index is 13.3. The zero-order valence-corrected chi connectivity index (χ0v) is 16.0. The highest BCUT2D eigenvalue weighted by molar-refractivity contribution is 6.08. The summed E-state index contributed by atoms with van der Waals surface area (Å²) in [6, 6.07) is 15.1. The van der Waals surface area contributed by atoms with Crippen LogP contribution in [0.3, 0.4) is 0 Å². The van der Waals surface area contributed by atoms with Gasteiger partial charge in [-0.05, 0) is 37.1 Å². The summed E-state index contributed by atoms with van der Waals surface area (Å²) in [4.78, 5) is 28.1. The summed E-state index contributed by atoms with van der Waals surface area (Å²) in [6.07, 6.45) is 0.502. The quantitative estimate of drug-likeness (QED) is 0.800. The van der Waals surface area contributed by atoms with E-state index in [4.69, 9.17) is 4.74 Å². The van der Waals surface area contributed by atoms with Crippen molar-refractivity contribution in [2.45, 2.75) is 31.9 Å². The second kappa shape index (κ2) is 6.95. The van der Waals surface area contributed by atoms with Gasteiger partial charge in [0.25, 0.3) is 0 Å². The van der Waals surface area contributed by atoms with E-state index < -0.39 is 11.6 Å². The number of nitrogens with zero attached hydrogens (tertiary/aromatic N) is 1. The lowest BCUT2D eigenvalue weighted by Gasteiger charge is -2.52. The van der Waals surface area contributed by atoms with Crippen molar-refractivity contribution in [3.05, 3.63) is 59.7 Å². The number of ether oxygens (including phenoxy) is 1. The third-order valence-electron chi connectivity index (χ3n) is 5.76. The van der Waals surface area contributed by atoms with Crippen LogP contribution < -0.4 is 10.1 Å². The fraction of sp³-hybridized carbons (Fsp3) is 0.364. The van der Waals surface area contributed by atoms with E-state index in [1.54, 1.807) is 0 Å². The third-order valence-corrected chi connectivity index (χ3v) is 5.76. The molecule has 146 valence electrons. The minimum atomic E-state index is -0.877. The normalized spacial score (nSPS) is 25.7. The first kappa shape index (κ1) is 18.5. The number of rotatable bonds is 4. The van der Waals surface area contributed by atoms with Crippen molar-refractivity contribution in [2.75, 3.05) is 18.5 Å². The van der Waals surface area contributed by atoms with Crippen LogP contribution in [0, 0.1) is 12.8 Å². The molecule has 2 aromatic carbocycles. The van der Waals surface area contributed by atoms with Crippen molar-refractivity contribution in [3.63, 3.8) is 0 Å². The maximum Gasteiger partial charge on any atom is 0.238 e. The van der Waals surface area contributed by atoms with E-state index in [1.165, 1.54) is 4.90 Å². The van der Waals surface area contributed by atoms with E-state index in [9.17, 15) is 14.7 Å². The molecule has 28 heavy (non-hydrogen) atoms. The van der Waals surface area contributed by atoms with Crippen molar-refractivity contribution >= 4 is 17.5 Å². The summed E-state index contributed by atoms with van der Waals surface area (Å²) < 4.78 is 6.15. The number of nitrogens with one attached hydrogen (secondary N) is 1. The van der Waals surface area contributed by atoms with Gasteiger partial charge in [0.2, 0.25) is 11.8 Å². The number of carbonyl (C=O) groups excluding carboxylic acids is 2. The van der Waals surface area contributed by atoms with Crippen LogP contribution in [0.5, 0.6) is 5.75 Å². The Kier molecular flexibility index (Phi) is 4.59. The SMILES string of the molecule is Cc1ccccc1NC(=O)[C@@H]1C(=O)N(CCO)[C@]2(C)C[C@@H]1c1ccccc1O2. The lowest BCUT2D eigenvalue weighted by atomic mass is 9.73. The third kappa shape index (κ3) is 2.94. The zero-order chi connectivity index (χ0) is 19.9. The number of piperidine rings is 1. The number of carbonyl (C=O) groups is 2. The fourth-order valence-electron chi connectivity index (χ4n) is 4.38. The number of likely N-dealkylation sites (tertiary alicyclic amines) is 1. The molecule has 2 heterocycles. The Morgan fingerprint density at radius 1 is 1.25 bits per heavy atom. The highest BCUT2D eigenvalue weighted by Gasteiger charge is 2.55. The highest BCUT2D eigenvalue weighted by Crippen LogP contribution is 2.50. The van der Waals surface area contributed by atoms with Crippen molar-refractivity contribution in [3.8, 4) is 5.75 Å². The number of para-hydroxylation sites is 2. The molecular weight excluding hydrogens is 356 g/mol. The molecule has 2 aliphatic rings. The number of anilines is 1. The van der Waals surface area contributed by atoms with E-state index in [1.807, 2.05) is 62.4 Å². The fourth-order valence-corrected chi connectivity index (χ4v) is 4.38. The second-order valence-electron chi connectivity index (χ2n) is 7.62. The van der Waals surface area contributed by atoms with E-state index in [0.29, 0.717) is 17.9 Å². The van der Waals surface area contributed by atoms with Crippen molar-refractivity contribution in [1.82, 2.24) is 4.90 Å². The molecule has 0 unspecified atom stereocenters. The molecule has 0 spiro atoms.